The first-order valence-corrected chi connectivity index (χ1v) is 13.6. The highest BCUT2D eigenvalue weighted by Crippen LogP contribution is 2.24. The Morgan fingerprint density at radius 3 is 2.72 bits per heavy atom. The third-order valence-corrected chi connectivity index (χ3v) is 7.45. The molecule has 194 valence electrons. The number of furan rings is 1. The summed E-state index contributed by atoms with van der Waals surface area (Å²) in [5.41, 5.74) is 0.601. The fourth-order valence-electron chi connectivity index (χ4n) is 4.16. The lowest BCUT2D eigenvalue weighted by atomic mass is 10.2. The first-order chi connectivity index (χ1) is 17.2. The highest BCUT2D eigenvalue weighted by atomic mass is 32.2. The largest absolute Gasteiger partial charge is 0.467 e. The van der Waals surface area contributed by atoms with Gasteiger partial charge in [-0.2, -0.15) is 0 Å². The Morgan fingerprint density at radius 2 is 2.06 bits per heavy atom. The van der Waals surface area contributed by atoms with Crippen LogP contribution in [0.15, 0.2) is 58.4 Å². The molecule has 1 fully saturated rings. The van der Waals surface area contributed by atoms with Crippen LogP contribution >= 0.6 is 0 Å². The van der Waals surface area contributed by atoms with E-state index in [1.165, 1.54) is 35.6 Å². The van der Waals surface area contributed by atoms with E-state index in [1.54, 1.807) is 22.8 Å². The lowest BCUT2D eigenvalue weighted by molar-refractivity contribution is 0.0933. The highest BCUT2D eigenvalue weighted by Gasteiger charge is 2.29. The summed E-state index contributed by atoms with van der Waals surface area (Å²) in [7, 11) is -3.99. The summed E-state index contributed by atoms with van der Waals surface area (Å²) >= 11 is 0. The number of rotatable bonds is 10. The fourth-order valence-corrected chi connectivity index (χ4v) is 5.68. The van der Waals surface area contributed by atoms with E-state index >= 15 is 0 Å². The van der Waals surface area contributed by atoms with Crippen LogP contribution in [0.2, 0.25) is 0 Å². The molecule has 0 radical (unpaired) electrons. The van der Waals surface area contributed by atoms with Gasteiger partial charge in [0, 0.05) is 18.2 Å². The predicted octanol–water partition coefficient (Wildman–Crippen LogP) is 3.89. The van der Waals surface area contributed by atoms with Crippen LogP contribution in [0.4, 0.5) is 9.18 Å². The molecule has 1 aliphatic heterocycles. The Bertz CT molecular complexity index is 1270. The van der Waals surface area contributed by atoms with Crippen LogP contribution in [0.3, 0.4) is 0 Å². The van der Waals surface area contributed by atoms with Crippen LogP contribution < -0.4 is 5.32 Å². The van der Waals surface area contributed by atoms with E-state index in [1.807, 2.05) is 13.8 Å². The number of aromatic nitrogens is 2. The van der Waals surface area contributed by atoms with Gasteiger partial charge in [-0.05, 0) is 44.9 Å². The Labute approximate surface area is 210 Å². The van der Waals surface area contributed by atoms with Crippen LogP contribution in [0.25, 0.3) is 0 Å². The number of hydrogen-bond acceptors (Lipinski definition) is 6. The summed E-state index contributed by atoms with van der Waals surface area (Å²) in [6, 6.07) is 8.88. The Kier molecular flexibility index (Phi) is 8.10. The summed E-state index contributed by atoms with van der Waals surface area (Å²) in [4.78, 5) is 18.8. The van der Waals surface area contributed by atoms with Crippen molar-refractivity contribution in [3.05, 3.63) is 71.7 Å². The van der Waals surface area contributed by atoms with Gasteiger partial charge in [0.1, 0.15) is 11.6 Å². The molecule has 2 aromatic heterocycles. The molecule has 0 spiro atoms. The Balaban J connectivity index is 1.67. The third kappa shape index (κ3) is 6.33. The topological polar surface area (TPSA) is 107 Å². The molecule has 0 saturated carbocycles. The molecule has 1 aromatic carbocycles. The smallest absolute Gasteiger partial charge is 0.318 e. The molecule has 2 amide bonds. The number of halogens is 1. The minimum absolute atomic E-state index is 0.0708. The molecular weight excluding hydrogens is 487 g/mol. The van der Waals surface area contributed by atoms with Gasteiger partial charge in [0.2, 0.25) is 15.0 Å². The molecule has 0 aliphatic carbocycles. The van der Waals surface area contributed by atoms with Crippen molar-refractivity contribution in [3.63, 3.8) is 0 Å². The monoisotopic (exact) mass is 518 g/mol. The fraction of sp³-hybridized carbons (Fsp3) is 0.440. The predicted molar refractivity (Wildman–Crippen MR) is 130 cm³/mol. The zero-order valence-corrected chi connectivity index (χ0v) is 21.2. The Hall–Kier alpha value is -3.18. The summed E-state index contributed by atoms with van der Waals surface area (Å²) in [6.45, 7) is 4.87. The van der Waals surface area contributed by atoms with E-state index < -0.39 is 21.4 Å². The van der Waals surface area contributed by atoms with Crippen molar-refractivity contribution < 1.29 is 26.8 Å². The van der Waals surface area contributed by atoms with Crippen LogP contribution in [0.5, 0.6) is 0 Å². The molecule has 1 saturated heterocycles. The second kappa shape index (κ2) is 11.3. The molecular formula is C25H31FN4O5S. The van der Waals surface area contributed by atoms with Gasteiger partial charge in [-0.1, -0.05) is 18.2 Å². The average molecular weight is 519 g/mol. The first-order valence-electron chi connectivity index (χ1n) is 11.9. The van der Waals surface area contributed by atoms with Crippen molar-refractivity contribution in [1.29, 1.82) is 0 Å². The number of carbonyl (C=O) groups is 1. The molecule has 11 heteroatoms. The molecule has 1 unspecified atom stereocenters. The maximum Gasteiger partial charge on any atom is 0.318 e. The van der Waals surface area contributed by atoms with Gasteiger partial charge in [-0.15, -0.1) is 0 Å². The van der Waals surface area contributed by atoms with E-state index in [0.29, 0.717) is 18.1 Å². The average Bonchev–Trinajstić information content (AvgIpc) is 3.58. The molecule has 0 bridgehead atoms. The summed E-state index contributed by atoms with van der Waals surface area (Å²) in [5, 5.41) is 2.71. The maximum atomic E-state index is 14.2. The van der Waals surface area contributed by atoms with E-state index in [4.69, 9.17) is 9.15 Å². The second-order valence-corrected chi connectivity index (χ2v) is 11.1. The van der Waals surface area contributed by atoms with Crippen LogP contribution in [-0.4, -0.2) is 47.7 Å². The van der Waals surface area contributed by atoms with Crippen molar-refractivity contribution in [2.24, 2.45) is 0 Å². The van der Waals surface area contributed by atoms with Crippen LogP contribution in [0.1, 0.15) is 43.7 Å². The number of nitrogens with zero attached hydrogens (tertiary/aromatic N) is 3. The standard InChI is InChI=1S/C25H31FN4O5S/c1-18(2)28-24(31)29(15-21-8-5-11-34-21)14-20-13-27-25(30(20)16-22-9-6-12-35-22)36(32,33)17-19-7-3-4-10-23(19)26/h3-5,7-8,10-11,13,18,22H,6,9,12,14-17H2,1-2H3,(H,28,31). The number of nitrogens with one attached hydrogen (secondary N) is 1. The van der Waals surface area contributed by atoms with Gasteiger partial charge in [-0.25, -0.2) is 22.6 Å². The first kappa shape index (κ1) is 25.9. The van der Waals surface area contributed by atoms with Crippen molar-refractivity contribution >= 4 is 15.9 Å². The van der Waals surface area contributed by atoms with E-state index in [9.17, 15) is 17.6 Å². The third-order valence-electron chi connectivity index (χ3n) is 5.87. The molecule has 1 atom stereocenters. The van der Waals surface area contributed by atoms with E-state index in [0.717, 1.165) is 12.8 Å². The lowest BCUT2D eigenvalue weighted by Gasteiger charge is -2.25. The SMILES string of the molecule is CC(C)NC(=O)N(Cc1ccco1)Cc1cnc(S(=O)(=O)Cc2ccccc2F)n1CC1CCCO1. The zero-order valence-electron chi connectivity index (χ0n) is 20.4. The van der Waals surface area contributed by atoms with Crippen molar-refractivity contribution in [2.75, 3.05) is 6.61 Å². The molecule has 36 heavy (non-hydrogen) atoms. The molecule has 1 aliphatic rings. The Morgan fingerprint density at radius 1 is 1.25 bits per heavy atom. The van der Waals surface area contributed by atoms with Gasteiger partial charge in [0.15, 0.2) is 0 Å². The normalized spacial score (nSPS) is 15.9. The highest BCUT2D eigenvalue weighted by molar-refractivity contribution is 7.90. The minimum Gasteiger partial charge on any atom is -0.467 e. The zero-order chi connectivity index (χ0) is 25.7. The number of sulfone groups is 1. The molecule has 3 heterocycles. The number of hydrogen-bond donors (Lipinski definition) is 1. The van der Waals surface area contributed by atoms with Gasteiger partial charge in [-0.3, -0.25) is 0 Å². The number of urea groups is 1. The molecule has 9 nitrogen and oxygen atoms in total. The molecule has 3 aromatic rings. The van der Waals surface area contributed by atoms with Crippen molar-refractivity contribution in [3.8, 4) is 0 Å². The minimum atomic E-state index is -3.99. The molecule has 1 N–H and O–H groups in total. The van der Waals surface area contributed by atoms with Crippen molar-refractivity contribution in [1.82, 2.24) is 19.8 Å². The lowest BCUT2D eigenvalue weighted by Crippen LogP contribution is -2.42. The summed E-state index contributed by atoms with van der Waals surface area (Å²) < 4.78 is 53.8. The van der Waals surface area contributed by atoms with E-state index in [2.05, 4.69) is 10.3 Å². The number of ether oxygens (including phenoxy) is 1. The molecule has 4 rings (SSSR count). The van der Waals surface area contributed by atoms with E-state index in [-0.39, 0.29) is 48.5 Å². The quantitative estimate of drug-likeness (QED) is 0.437. The van der Waals surface area contributed by atoms with Crippen LogP contribution in [0, 0.1) is 5.82 Å². The van der Waals surface area contributed by atoms with Crippen molar-refractivity contribution in [2.45, 2.75) is 69.4 Å². The van der Waals surface area contributed by atoms with Gasteiger partial charge in [0.05, 0.1) is 49.6 Å². The number of amides is 2. The number of imidazole rings is 1. The summed E-state index contributed by atoms with van der Waals surface area (Å²) in [6.07, 6.45) is 4.48. The van der Waals surface area contributed by atoms with Gasteiger partial charge < -0.3 is 23.9 Å². The maximum absolute atomic E-state index is 14.2. The van der Waals surface area contributed by atoms with Gasteiger partial charge in [0.25, 0.3) is 0 Å². The van der Waals surface area contributed by atoms with Gasteiger partial charge >= 0.3 is 6.03 Å². The number of benzene rings is 1. The van der Waals surface area contributed by atoms with Crippen LogP contribution in [-0.2, 0) is 40.0 Å². The summed E-state index contributed by atoms with van der Waals surface area (Å²) in [5.74, 6) is -0.522. The second-order valence-electron chi connectivity index (χ2n) is 9.17. The number of carbonyl (C=O) groups excluding carboxylic acids is 1.